The molecule has 0 aliphatic heterocycles. The Morgan fingerprint density at radius 3 is 2.67 bits per heavy atom. The summed E-state index contributed by atoms with van der Waals surface area (Å²) < 4.78 is 5.52. The number of carbonyl (C=O) groups is 2. The van der Waals surface area contributed by atoms with Gasteiger partial charge in [-0.2, -0.15) is 0 Å². The Hall–Kier alpha value is -2.34. The first-order valence-corrected chi connectivity index (χ1v) is 7.36. The van der Waals surface area contributed by atoms with E-state index in [0.717, 1.165) is 11.3 Å². The van der Waals surface area contributed by atoms with E-state index < -0.39 is 0 Å². The number of hydrogen-bond acceptors (Lipinski definition) is 4. The Morgan fingerprint density at radius 1 is 1.14 bits per heavy atom. The standard InChI is InChI=1S/C15H16N2O3S/c1-11-5-2-3-6-12(11)20-9-8-14(18)16-17-15(19)13-7-4-10-21-13/h2-7,10H,8-9H2,1H3,(H,16,18)(H,17,19). The SMILES string of the molecule is Cc1ccccc1OCCC(=O)NNC(=O)c1cccs1. The fraction of sp³-hybridized carbons (Fsp3) is 0.200. The number of hydrogen-bond donors (Lipinski definition) is 2. The van der Waals surface area contributed by atoms with Gasteiger partial charge in [0.2, 0.25) is 5.91 Å². The molecule has 1 aromatic carbocycles. The van der Waals surface area contributed by atoms with Crippen molar-refractivity contribution in [1.82, 2.24) is 10.9 Å². The first kappa shape index (κ1) is 15.1. The molecule has 0 fully saturated rings. The number of nitrogens with one attached hydrogen (secondary N) is 2. The van der Waals surface area contributed by atoms with Crippen LogP contribution < -0.4 is 15.6 Å². The largest absolute Gasteiger partial charge is 0.493 e. The number of rotatable bonds is 5. The van der Waals surface area contributed by atoms with E-state index in [1.165, 1.54) is 11.3 Å². The number of ether oxygens (including phenoxy) is 1. The normalized spacial score (nSPS) is 9.95. The van der Waals surface area contributed by atoms with Crippen LogP contribution in [-0.2, 0) is 4.79 Å². The molecule has 5 nitrogen and oxygen atoms in total. The van der Waals surface area contributed by atoms with Gasteiger partial charge >= 0.3 is 0 Å². The van der Waals surface area contributed by atoms with Crippen molar-refractivity contribution in [3.63, 3.8) is 0 Å². The summed E-state index contributed by atoms with van der Waals surface area (Å²) >= 11 is 1.31. The van der Waals surface area contributed by atoms with Crippen molar-refractivity contribution >= 4 is 23.2 Å². The molecular formula is C15H16N2O3S. The Labute approximate surface area is 126 Å². The highest BCUT2D eigenvalue weighted by Crippen LogP contribution is 2.16. The number of thiophene rings is 1. The van der Waals surface area contributed by atoms with Crippen LogP contribution in [0.5, 0.6) is 5.75 Å². The van der Waals surface area contributed by atoms with Crippen LogP contribution in [0.3, 0.4) is 0 Å². The second-order valence-electron chi connectivity index (χ2n) is 4.34. The average molecular weight is 304 g/mol. The quantitative estimate of drug-likeness (QED) is 0.833. The van der Waals surface area contributed by atoms with E-state index in [9.17, 15) is 9.59 Å². The minimum atomic E-state index is -0.321. The number of aryl methyl sites for hydroxylation is 1. The highest BCUT2D eigenvalue weighted by molar-refractivity contribution is 7.12. The zero-order chi connectivity index (χ0) is 15.1. The summed E-state index contributed by atoms with van der Waals surface area (Å²) in [6.07, 6.45) is 0.166. The number of amides is 2. The van der Waals surface area contributed by atoms with E-state index in [4.69, 9.17) is 4.74 Å². The van der Waals surface area contributed by atoms with Gasteiger partial charge in [0.25, 0.3) is 5.91 Å². The first-order valence-electron chi connectivity index (χ1n) is 6.48. The lowest BCUT2D eigenvalue weighted by molar-refractivity contribution is -0.122. The van der Waals surface area contributed by atoms with Crippen LogP contribution in [0.25, 0.3) is 0 Å². The van der Waals surface area contributed by atoms with E-state index in [0.29, 0.717) is 4.88 Å². The zero-order valence-corrected chi connectivity index (χ0v) is 12.4. The molecule has 2 N–H and O–H groups in total. The summed E-state index contributed by atoms with van der Waals surface area (Å²) in [4.78, 5) is 23.7. The fourth-order valence-electron chi connectivity index (χ4n) is 1.63. The van der Waals surface area contributed by atoms with Gasteiger partial charge in [0.05, 0.1) is 17.9 Å². The molecule has 6 heteroatoms. The van der Waals surface area contributed by atoms with E-state index in [1.54, 1.807) is 17.5 Å². The maximum absolute atomic E-state index is 11.6. The topological polar surface area (TPSA) is 67.4 Å². The second kappa shape index (κ2) is 7.44. The molecular weight excluding hydrogens is 288 g/mol. The summed E-state index contributed by atoms with van der Waals surface area (Å²) in [5.41, 5.74) is 5.74. The third-order valence-electron chi connectivity index (χ3n) is 2.74. The minimum absolute atomic E-state index is 0.166. The Kier molecular flexibility index (Phi) is 5.34. The molecule has 1 heterocycles. The summed E-state index contributed by atoms with van der Waals surface area (Å²) in [6, 6.07) is 11.1. The van der Waals surface area contributed by atoms with E-state index in [-0.39, 0.29) is 24.8 Å². The van der Waals surface area contributed by atoms with E-state index in [1.807, 2.05) is 31.2 Å². The van der Waals surface area contributed by atoms with Crippen LogP contribution in [-0.4, -0.2) is 18.4 Å². The van der Waals surface area contributed by atoms with Gasteiger partial charge in [-0.15, -0.1) is 11.3 Å². The number of carbonyl (C=O) groups excluding carboxylic acids is 2. The lowest BCUT2D eigenvalue weighted by Gasteiger charge is -2.09. The third kappa shape index (κ3) is 4.61. The van der Waals surface area contributed by atoms with Crippen LogP contribution >= 0.6 is 11.3 Å². The van der Waals surface area contributed by atoms with Gasteiger partial charge in [-0.25, -0.2) is 0 Å². The number of para-hydroxylation sites is 1. The Morgan fingerprint density at radius 2 is 1.95 bits per heavy atom. The number of hydrazine groups is 1. The fourth-order valence-corrected chi connectivity index (χ4v) is 2.25. The van der Waals surface area contributed by atoms with Crippen molar-refractivity contribution in [3.05, 3.63) is 52.2 Å². The van der Waals surface area contributed by atoms with Gasteiger partial charge < -0.3 is 4.74 Å². The van der Waals surface area contributed by atoms with Gasteiger partial charge in [0, 0.05) is 0 Å². The molecule has 2 aromatic rings. The lowest BCUT2D eigenvalue weighted by Crippen LogP contribution is -2.41. The second-order valence-corrected chi connectivity index (χ2v) is 5.29. The predicted octanol–water partition coefficient (Wildman–Crippen LogP) is 2.29. The van der Waals surface area contributed by atoms with Crippen molar-refractivity contribution in [2.24, 2.45) is 0 Å². The molecule has 0 aliphatic rings. The van der Waals surface area contributed by atoms with Crippen LogP contribution in [0.2, 0.25) is 0 Å². The van der Waals surface area contributed by atoms with Gasteiger partial charge in [-0.3, -0.25) is 20.4 Å². The van der Waals surface area contributed by atoms with Crippen LogP contribution in [0.15, 0.2) is 41.8 Å². The monoisotopic (exact) mass is 304 g/mol. The summed E-state index contributed by atoms with van der Waals surface area (Å²) in [7, 11) is 0. The van der Waals surface area contributed by atoms with Crippen LogP contribution in [0.4, 0.5) is 0 Å². The molecule has 0 saturated heterocycles. The van der Waals surface area contributed by atoms with Gasteiger partial charge in [0.15, 0.2) is 0 Å². The molecule has 21 heavy (non-hydrogen) atoms. The maximum Gasteiger partial charge on any atom is 0.279 e. The van der Waals surface area contributed by atoms with Gasteiger partial charge in [-0.1, -0.05) is 24.3 Å². The average Bonchev–Trinajstić information content (AvgIpc) is 3.01. The molecule has 0 saturated carbocycles. The molecule has 0 aliphatic carbocycles. The molecule has 1 aromatic heterocycles. The minimum Gasteiger partial charge on any atom is -0.493 e. The highest BCUT2D eigenvalue weighted by atomic mass is 32.1. The molecule has 0 spiro atoms. The smallest absolute Gasteiger partial charge is 0.279 e. The van der Waals surface area contributed by atoms with Crippen LogP contribution in [0.1, 0.15) is 21.7 Å². The van der Waals surface area contributed by atoms with Gasteiger partial charge in [0.1, 0.15) is 5.75 Å². The lowest BCUT2D eigenvalue weighted by atomic mass is 10.2. The zero-order valence-electron chi connectivity index (χ0n) is 11.6. The molecule has 0 radical (unpaired) electrons. The molecule has 2 amide bonds. The van der Waals surface area contributed by atoms with Gasteiger partial charge in [-0.05, 0) is 30.0 Å². The Balaban J connectivity index is 1.68. The predicted molar refractivity (Wildman–Crippen MR) is 81.2 cm³/mol. The summed E-state index contributed by atoms with van der Waals surface area (Å²) in [5, 5.41) is 1.80. The number of benzene rings is 1. The molecule has 0 atom stereocenters. The summed E-state index contributed by atoms with van der Waals surface area (Å²) in [6.45, 7) is 2.20. The maximum atomic E-state index is 11.6. The van der Waals surface area contributed by atoms with Crippen molar-refractivity contribution < 1.29 is 14.3 Å². The third-order valence-corrected chi connectivity index (χ3v) is 3.61. The Bertz CT molecular complexity index is 611. The first-order chi connectivity index (χ1) is 10.2. The van der Waals surface area contributed by atoms with Crippen molar-refractivity contribution in [2.45, 2.75) is 13.3 Å². The van der Waals surface area contributed by atoms with Crippen LogP contribution in [0, 0.1) is 6.92 Å². The highest BCUT2D eigenvalue weighted by Gasteiger charge is 2.08. The van der Waals surface area contributed by atoms with E-state index in [2.05, 4.69) is 10.9 Å². The van der Waals surface area contributed by atoms with Crippen molar-refractivity contribution in [1.29, 1.82) is 0 Å². The molecule has 2 rings (SSSR count). The molecule has 0 unspecified atom stereocenters. The summed E-state index contributed by atoms with van der Waals surface area (Å²) in [5.74, 6) is 0.139. The van der Waals surface area contributed by atoms with E-state index >= 15 is 0 Å². The van der Waals surface area contributed by atoms with Crippen molar-refractivity contribution in [3.8, 4) is 5.75 Å². The molecule has 0 bridgehead atoms. The van der Waals surface area contributed by atoms with Crippen molar-refractivity contribution in [2.75, 3.05) is 6.61 Å². The molecule has 110 valence electrons.